The number of likely N-dealkylation sites (N-methyl/N-ethyl adjacent to an activating group) is 1. The first kappa shape index (κ1) is 22.5. The van der Waals surface area contributed by atoms with Gasteiger partial charge in [-0.3, -0.25) is 4.79 Å². The third kappa shape index (κ3) is 3.85. The summed E-state index contributed by atoms with van der Waals surface area (Å²) >= 11 is 6.44. The number of rotatable bonds is 6. The zero-order valence-electron chi connectivity index (χ0n) is 19.3. The van der Waals surface area contributed by atoms with E-state index in [4.69, 9.17) is 25.5 Å². The molecule has 7 nitrogen and oxygen atoms in total. The highest BCUT2D eigenvalue weighted by molar-refractivity contribution is 6.33. The van der Waals surface area contributed by atoms with E-state index in [1.165, 1.54) is 6.07 Å². The van der Waals surface area contributed by atoms with E-state index in [0.29, 0.717) is 38.8 Å². The minimum atomic E-state index is -0.186. The summed E-state index contributed by atoms with van der Waals surface area (Å²) < 4.78 is 20.0. The summed E-state index contributed by atoms with van der Waals surface area (Å²) in [7, 11) is 5.29. The van der Waals surface area contributed by atoms with Gasteiger partial charge >= 0.3 is 0 Å². The second kappa shape index (κ2) is 9.16. The van der Waals surface area contributed by atoms with Crippen LogP contribution < -0.4 is 14.9 Å². The van der Waals surface area contributed by atoms with Gasteiger partial charge in [0.25, 0.3) is 0 Å². The lowest BCUT2D eigenvalue weighted by molar-refractivity contribution is 0.266. The zero-order valence-corrected chi connectivity index (χ0v) is 20.1. The van der Waals surface area contributed by atoms with Crippen molar-refractivity contribution in [3.63, 3.8) is 0 Å². The van der Waals surface area contributed by atoms with E-state index in [2.05, 4.69) is 21.5 Å². The third-order valence-corrected chi connectivity index (χ3v) is 7.03. The average Bonchev–Trinajstić information content (AvgIpc) is 3.48. The first-order valence-corrected chi connectivity index (χ1v) is 11.5. The number of hydrogen-bond donors (Lipinski definition) is 0. The molecular weight excluding hydrogens is 454 g/mol. The Morgan fingerprint density at radius 3 is 2.68 bits per heavy atom. The zero-order chi connectivity index (χ0) is 23.8. The van der Waals surface area contributed by atoms with Crippen LogP contribution in [0.3, 0.4) is 0 Å². The first-order chi connectivity index (χ1) is 16.5. The van der Waals surface area contributed by atoms with Crippen molar-refractivity contribution in [2.45, 2.75) is 24.9 Å². The van der Waals surface area contributed by atoms with Gasteiger partial charge < -0.3 is 23.4 Å². The number of likely N-dealkylation sites (tertiary alicyclic amines) is 1. The number of ether oxygens (including phenoxy) is 2. The van der Waals surface area contributed by atoms with E-state index in [1.807, 2.05) is 30.7 Å². The van der Waals surface area contributed by atoms with E-state index in [0.717, 1.165) is 25.1 Å². The van der Waals surface area contributed by atoms with Crippen LogP contribution in [0.2, 0.25) is 5.02 Å². The van der Waals surface area contributed by atoms with Crippen LogP contribution in [0.5, 0.6) is 11.5 Å². The molecule has 0 aliphatic carbocycles. The van der Waals surface area contributed by atoms with E-state index < -0.39 is 0 Å². The molecule has 4 aromatic rings. The Morgan fingerprint density at radius 2 is 1.97 bits per heavy atom. The Morgan fingerprint density at radius 1 is 1.18 bits per heavy atom. The molecule has 1 aliphatic rings. The molecule has 0 unspecified atom stereocenters. The monoisotopic (exact) mass is 479 g/mol. The van der Waals surface area contributed by atoms with Crippen LogP contribution >= 0.6 is 11.6 Å². The molecule has 0 N–H and O–H groups in total. The van der Waals surface area contributed by atoms with Crippen molar-refractivity contribution in [2.24, 2.45) is 0 Å². The number of methoxy groups -OCH3 is 2. The summed E-state index contributed by atoms with van der Waals surface area (Å²) in [6.07, 6.45) is 6.46. The Balaban J connectivity index is 1.76. The highest BCUT2D eigenvalue weighted by Crippen LogP contribution is 2.45. The second-order valence-electron chi connectivity index (χ2n) is 8.56. The quantitative estimate of drug-likeness (QED) is 0.395. The lowest BCUT2D eigenvalue weighted by Crippen LogP contribution is -2.32. The van der Waals surface area contributed by atoms with Crippen LogP contribution in [0.1, 0.15) is 17.9 Å². The molecule has 0 radical (unpaired) electrons. The summed E-state index contributed by atoms with van der Waals surface area (Å²) in [6, 6.07) is 10.8. The SMILES string of the molecule is COc1cc(OC)c2c(=O)cc(-c3ccccc3Cl)oc2c1[C@@H]1CCN(C)[C@H]1Cn1ccnc1. The first-order valence-electron chi connectivity index (χ1n) is 11.2. The maximum atomic E-state index is 13.4. The van der Waals surface area contributed by atoms with Crippen molar-refractivity contribution >= 4 is 22.6 Å². The van der Waals surface area contributed by atoms with Gasteiger partial charge in [0.05, 0.1) is 25.6 Å². The van der Waals surface area contributed by atoms with Crippen molar-refractivity contribution in [3.8, 4) is 22.8 Å². The van der Waals surface area contributed by atoms with Crippen LogP contribution in [0, 0.1) is 0 Å². The number of imidazole rings is 1. The molecule has 2 aromatic heterocycles. The molecule has 0 spiro atoms. The van der Waals surface area contributed by atoms with Crippen LogP contribution in [0.15, 0.2) is 64.3 Å². The number of fused-ring (bicyclic) bond motifs is 1. The van der Waals surface area contributed by atoms with Gasteiger partial charge in [0.2, 0.25) is 0 Å². The molecule has 8 heteroatoms. The molecule has 1 saturated heterocycles. The molecule has 1 aliphatic heterocycles. The molecule has 0 bridgehead atoms. The van der Waals surface area contributed by atoms with Crippen molar-refractivity contribution in [2.75, 3.05) is 27.8 Å². The van der Waals surface area contributed by atoms with E-state index in [9.17, 15) is 4.79 Å². The Kier molecular flexibility index (Phi) is 6.06. The Labute approximate surface area is 202 Å². The average molecular weight is 480 g/mol. The molecular formula is C26H26ClN3O4. The summed E-state index contributed by atoms with van der Waals surface area (Å²) in [4.78, 5) is 19.9. The number of benzene rings is 2. The fourth-order valence-electron chi connectivity index (χ4n) is 4.99. The molecule has 176 valence electrons. The fraction of sp³-hybridized carbons (Fsp3) is 0.308. The van der Waals surface area contributed by atoms with Crippen molar-refractivity contribution < 1.29 is 13.9 Å². The molecule has 2 aromatic carbocycles. The lowest BCUT2D eigenvalue weighted by Gasteiger charge is -2.27. The third-order valence-electron chi connectivity index (χ3n) is 6.70. The molecule has 2 atom stereocenters. The molecule has 0 saturated carbocycles. The molecule has 0 amide bonds. The van der Waals surface area contributed by atoms with Gasteiger partial charge in [-0.25, -0.2) is 4.98 Å². The van der Waals surface area contributed by atoms with Crippen molar-refractivity contribution in [1.82, 2.24) is 14.5 Å². The smallest absolute Gasteiger partial charge is 0.197 e. The standard InChI is InChI=1S/C26H26ClN3O4/c1-29-10-8-17(19(29)14-30-11-9-28-15-30)24-22(32-2)13-23(33-3)25-20(31)12-21(34-26(24)25)16-6-4-5-7-18(16)27/h4-7,9,11-13,15,17,19H,8,10,14H2,1-3H3/t17-,19+/m1/s1. The molecule has 34 heavy (non-hydrogen) atoms. The fourth-order valence-corrected chi connectivity index (χ4v) is 5.22. The summed E-state index contributed by atoms with van der Waals surface area (Å²) in [6.45, 7) is 1.67. The Bertz CT molecular complexity index is 1380. The molecule has 1 fully saturated rings. The summed E-state index contributed by atoms with van der Waals surface area (Å²) in [5, 5.41) is 0.921. The van der Waals surface area contributed by atoms with E-state index >= 15 is 0 Å². The van der Waals surface area contributed by atoms with Gasteiger partial charge in [-0.1, -0.05) is 23.7 Å². The second-order valence-corrected chi connectivity index (χ2v) is 8.96. The van der Waals surface area contributed by atoms with Crippen LogP contribution in [-0.4, -0.2) is 48.3 Å². The molecule has 3 heterocycles. The number of halogens is 1. The largest absolute Gasteiger partial charge is 0.496 e. The van der Waals surface area contributed by atoms with Gasteiger partial charge in [0.1, 0.15) is 28.2 Å². The van der Waals surface area contributed by atoms with Gasteiger partial charge in [-0.15, -0.1) is 0 Å². The van der Waals surface area contributed by atoms with Crippen LogP contribution in [-0.2, 0) is 6.54 Å². The lowest BCUT2D eigenvalue weighted by atomic mass is 9.88. The topological polar surface area (TPSA) is 69.7 Å². The van der Waals surface area contributed by atoms with Crippen LogP contribution in [0.4, 0.5) is 0 Å². The number of hydrogen-bond acceptors (Lipinski definition) is 6. The van der Waals surface area contributed by atoms with Gasteiger partial charge in [-0.2, -0.15) is 0 Å². The predicted octanol–water partition coefficient (Wildman–Crippen LogP) is 4.82. The van der Waals surface area contributed by atoms with Gasteiger partial charge in [0, 0.05) is 54.2 Å². The van der Waals surface area contributed by atoms with Gasteiger partial charge in [0.15, 0.2) is 5.43 Å². The van der Waals surface area contributed by atoms with Gasteiger partial charge in [-0.05, 0) is 32.1 Å². The highest BCUT2D eigenvalue weighted by Gasteiger charge is 2.37. The van der Waals surface area contributed by atoms with E-state index in [-0.39, 0.29) is 17.4 Å². The predicted molar refractivity (Wildman–Crippen MR) is 132 cm³/mol. The number of aromatic nitrogens is 2. The minimum Gasteiger partial charge on any atom is -0.496 e. The van der Waals surface area contributed by atoms with Crippen LogP contribution in [0.25, 0.3) is 22.3 Å². The summed E-state index contributed by atoms with van der Waals surface area (Å²) in [5.41, 5.74) is 1.83. The number of nitrogens with zero attached hydrogens (tertiary/aromatic N) is 3. The maximum absolute atomic E-state index is 13.4. The molecule has 5 rings (SSSR count). The summed E-state index contributed by atoms with van der Waals surface area (Å²) in [5.74, 6) is 1.55. The normalized spacial score (nSPS) is 18.5. The minimum absolute atomic E-state index is 0.0698. The Hall–Kier alpha value is -3.29. The maximum Gasteiger partial charge on any atom is 0.197 e. The van der Waals surface area contributed by atoms with E-state index in [1.54, 1.807) is 32.5 Å². The highest BCUT2D eigenvalue weighted by atomic mass is 35.5. The van der Waals surface area contributed by atoms with Crippen molar-refractivity contribution in [1.29, 1.82) is 0 Å². The van der Waals surface area contributed by atoms with Crippen molar-refractivity contribution in [3.05, 3.63) is 75.9 Å².